The zero-order valence-electron chi connectivity index (χ0n) is 11.7. The number of amides is 2. The number of rotatable bonds is 7. The van der Waals surface area contributed by atoms with Crippen LogP contribution < -0.4 is 10.6 Å². The van der Waals surface area contributed by atoms with Crippen LogP contribution >= 0.6 is 11.8 Å². The Hall–Kier alpha value is -1.69. The molecule has 20 heavy (non-hydrogen) atoms. The first-order valence-corrected chi connectivity index (χ1v) is 7.78. The number of aliphatic carboxylic acids is 1. The van der Waals surface area contributed by atoms with E-state index >= 15 is 0 Å². The lowest BCUT2D eigenvalue weighted by Crippen LogP contribution is -2.36. The summed E-state index contributed by atoms with van der Waals surface area (Å²) in [5.41, 5.74) is 1.25. The van der Waals surface area contributed by atoms with Gasteiger partial charge in [0.25, 0.3) is 0 Å². The number of hydrogen-bond acceptors (Lipinski definition) is 3. The van der Waals surface area contributed by atoms with Gasteiger partial charge in [-0.3, -0.25) is 4.79 Å². The highest BCUT2D eigenvalue weighted by atomic mass is 32.2. The number of anilines is 1. The van der Waals surface area contributed by atoms with E-state index < -0.39 is 5.97 Å². The summed E-state index contributed by atoms with van der Waals surface area (Å²) in [6.07, 6.45) is 2.88. The lowest BCUT2D eigenvalue weighted by atomic mass is 10.1. The van der Waals surface area contributed by atoms with Gasteiger partial charge in [-0.25, -0.2) is 4.79 Å². The second kappa shape index (κ2) is 8.47. The molecule has 0 radical (unpaired) electrons. The molecule has 2 amide bonds. The summed E-state index contributed by atoms with van der Waals surface area (Å²) >= 11 is 1.74. The fraction of sp³-hybridized carbons (Fsp3) is 0.429. The van der Waals surface area contributed by atoms with Crippen molar-refractivity contribution in [1.82, 2.24) is 5.32 Å². The minimum Gasteiger partial charge on any atom is -0.481 e. The summed E-state index contributed by atoms with van der Waals surface area (Å²) in [5.74, 6) is 0.104. The predicted molar refractivity (Wildman–Crippen MR) is 82.4 cm³/mol. The van der Waals surface area contributed by atoms with Crippen LogP contribution in [0.25, 0.3) is 0 Å². The molecule has 0 aliphatic rings. The Morgan fingerprint density at radius 3 is 2.80 bits per heavy atom. The Morgan fingerprint density at radius 2 is 2.15 bits per heavy atom. The Balaban J connectivity index is 2.51. The molecule has 0 spiro atoms. The van der Waals surface area contributed by atoms with Crippen molar-refractivity contribution in [2.75, 3.05) is 17.3 Å². The first-order chi connectivity index (χ1) is 9.51. The van der Waals surface area contributed by atoms with Gasteiger partial charge in [0.15, 0.2) is 0 Å². The molecule has 3 N–H and O–H groups in total. The van der Waals surface area contributed by atoms with E-state index in [9.17, 15) is 9.59 Å². The Kier molecular flexibility index (Phi) is 6.93. The molecule has 0 saturated carbocycles. The van der Waals surface area contributed by atoms with Crippen LogP contribution in [-0.2, 0) is 11.2 Å². The predicted octanol–water partition coefficient (Wildman–Crippen LogP) is 2.58. The molecule has 0 aliphatic carbocycles. The summed E-state index contributed by atoms with van der Waals surface area (Å²) < 4.78 is 0. The summed E-state index contributed by atoms with van der Waals surface area (Å²) in [5, 5.41) is 14.3. The lowest BCUT2D eigenvalue weighted by Gasteiger charge is -2.14. The summed E-state index contributed by atoms with van der Waals surface area (Å²) in [6, 6.07) is 6.68. The highest BCUT2D eigenvalue weighted by Crippen LogP contribution is 2.11. The van der Waals surface area contributed by atoms with E-state index in [1.807, 2.05) is 13.2 Å². The fourth-order valence-electron chi connectivity index (χ4n) is 1.69. The van der Waals surface area contributed by atoms with Crippen molar-refractivity contribution in [3.8, 4) is 0 Å². The van der Waals surface area contributed by atoms with Crippen LogP contribution in [0.2, 0.25) is 0 Å². The van der Waals surface area contributed by atoms with Gasteiger partial charge in [-0.15, -0.1) is 0 Å². The van der Waals surface area contributed by atoms with Crippen molar-refractivity contribution in [1.29, 1.82) is 0 Å². The zero-order chi connectivity index (χ0) is 15.0. The SMILES string of the molecule is CSCCC(C)NC(=O)Nc1cccc(CC(=O)O)c1. The van der Waals surface area contributed by atoms with Crippen LogP contribution in [0.4, 0.5) is 10.5 Å². The standard InChI is InChI=1S/C14H20N2O3S/c1-10(6-7-20-2)15-14(19)16-12-5-3-4-11(8-12)9-13(17)18/h3-5,8,10H,6-7,9H2,1-2H3,(H,17,18)(H2,15,16,19). The molecule has 5 nitrogen and oxygen atoms in total. The third-order valence-corrected chi connectivity index (χ3v) is 3.32. The third kappa shape index (κ3) is 6.47. The molecule has 0 bridgehead atoms. The van der Waals surface area contributed by atoms with E-state index in [2.05, 4.69) is 10.6 Å². The highest BCUT2D eigenvalue weighted by molar-refractivity contribution is 7.98. The zero-order valence-corrected chi connectivity index (χ0v) is 12.5. The number of benzene rings is 1. The smallest absolute Gasteiger partial charge is 0.319 e. The van der Waals surface area contributed by atoms with Gasteiger partial charge in [0.05, 0.1) is 6.42 Å². The molecule has 0 aromatic heterocycles. The van der Waals surface area contributed by atoms with Gasteiger partial charge < -0.3 is 15.7 Å². The largest absolute Gasteiger partial charge is 0.481 e. The molecule has 0 aliphatic heterocycles. The van der Waals surface area contributed by atoms with Crippen molar-refractivity contribution in [3.63, 3.8) is 0 Å². The van der Waals surface area contributed by atoms with E-state index in [0.29, 0.717) is 11.3 Å². The number of carbonyl (C=O) groups is 2. The Bertz CT molecular complexity index is 465. The van der Waals surface area contributed by atoms with Gasteiger partial charge in [-0.2, -0.15) is 11.8 Å². The molecule has 1 aromatic carbocycles. The van der Waals surface area contributed by atoms with Crippen LogP contribution in [0.3, 0.4) is 0 Å². The number of carbonyl (C=O) groups excluding carboxylic acids is 1. The van der Waals surface area contributed by atoms with E-state index in [0.717, 1.165) is 12.2 Å². The fourth-order valence-corrected chi connectivity index (χ4v) is 2.28. The maximum absolute atomic E-state index is 11.8. The minimum absolute atomic E-state index is 0.0543. The van der Waals surface area contributed by atoms with Gasteiger partial charge in [-0.1, -0.05) is 12.1 Å². The minimum atomic E-state index is -0.891. The molecule has 1 rings (SSSR count). The van der Waals surface area contributed by atoms with E-state index in [4.69, 9.17) is 5.11 Å². The maximum Gasteiger partial charge on any atom is 0.319 e. The molecule has 0 fully saturated rings. The lowest BCUT2D eigenvalue weighted by molar-refractivity contribution is -0.136. The van der Waals surface area contributed by atoms with Crippen LogP contribution in [-0.4, -0.2) is 35.2 Å². The van der Waals surface area contributed by atoms with E-state index in [1.54, 1.807) is 36.0 Å². The van der Waals surface area contributed by atoms with Crippen molar-refractivity contribution >= 4 is 29.4 Å². The van der Waals surface area contributed by atoms with Crippen molar-refractivity contribution in [2.24, 2.45) is 0 Å². The van der Waals surface area contributed by atoms with Gasteiger partial charge in [-0.05, 0) is 43.0 Å². The molecular formula is C14H20N2O3S. The van der Waals surface area contributed by atoms with E-state index in [-0.39, 0.29) is 18.5 Å². The number of thioether (sulfide) groups is 1. The first-order valence-electron chi connectivity index (χ1n) is 6.38. The molecule has 0 saturated heterocycles. The quantitative estimate of drug-likeness (QED) is 0.722. The van der Waals surface area contributed by atoms with Gasteiger partial charge >= 0.3 is 12.0 Å². The van der Waals surface area contributed by atoms with Gasteiger partial charge in [0.1, 0.15) is 0 Å². The number of nitrogens with one attached hydrogen (secondary N) is 2. The van der Waals surface area contributed by atoms with Crippen molar-refractivity contribution in [3.05, 3.63) is 29.8 Å². The number of urea groups is 1. The van der Waals surface area contributed by atoms with Gasteiger partial charge in [0, 0.05) is 11.7 Å². The molecule has 1 aromatic rings. The number of hydrogen-bond donors (Lipinski definition) is 3. The first kappa shape index (κ1) is 16.4. The van der Waals surface area contributed by atoms with Crippen LogP contribution in [0.1, 0.15) is 18.9 Å². The molecule has 110 valence electrons. The van der Waals surface area contributed by atoms with E-state index in [1.165, 1.54) is 0 Å². The number of carboxylic acids is 1. The Morgan fingerprint density at radius 1 is 1.40 bits per heavy atom. The third-order valence-electron chi connectivity index (χ3n) is 2.67. The summed E-state index contributed by atoms with van der Waals surface area (Å²) in [7, 11) is 0. The van der Waals surface area contributed by atoms with Crippen LogP contribution in [0.5, 0.6) is 0 Å². The molecule has 6 heteroatoms. The van der Waals surface area contributed by atoms with Crippen molar-refractivity contribution in [2.45, 2.75) is 25.8 Å². The summed E-state index contributed by atoms with van der Waals surface area (Å²) in [6.45, 7) is 1.96. The maximum atomic E-state index is 11.8. The molecule has 0 heterocycles. The van der Waals surface area contributed by atoms with Crippen LogP contribution in [0.15, 0.2) is 24.3 Å². The molecule has 1 atom stereocenters. The molecule has 1 unspecified atom stereocenters. The normalized spacial score (nSPS) is 11.7. The second-order valence-electron chi connectivity index (χ2n) is 4.55. The van der Waals surface area contributed by atoms with Gasteiger partial charge in [0.2, 0.25) is 0 Å². The summed E-state index contributed by atoms with van der Waals surface area (Å²) in [4.78, 5) is 22.4. The number of carboxylic acid groups (broad SMARTS) is 1. The average molecular weight is 296 g/mol. The van der Waals surface area contributed by atoms with Crippen molar-refractivity contribution < 1.29 is 14.7 Å². The monoisotopic (exact) mass is 296 g/mol. The topological polar surface area (TPSA) is 78.4 Å². The Labute approximate surface area is 123 Å². The molecular weight excluding hydrogens is 276 g/mol. The highest BCUT2D eigenvalue weighted by Gasteiger charge is 2.08. The van der Waals surface area contributed by atoms with Crippen LogP contribution in [0, 0.1) is 0 Å². The average Bonchev–Trinajstić information content (AvgIpc) is 2.35. The second-order valence-corrected chi connectivity index (χ2v) is 5.54.